The van der Waals surface area contributed by atoms with Crippen molar-refractivity contribution >= 4 is 11.3 Å². The van der Waals surface area contributed by atoms with Crippen LogP contribution in [0.25, 0.3) is 11.3 Å². The first-order chi connectivity index (χ1) is 17.4. The van der Waals surface area contributed by atoms with Crippen LogP contribution in [0.1, 0.15) is 43.1 Å². The number of hydrogen-bond donors (Lipinski definition) is 2. The lowest BCUT2D eigenvalue weighted by Crippen LogP contribution is -2.35. The minimum atomic E-state index is -0.474. The van der Waals surface area contributed by atoms with Crippen LogP contribution in [0.4, 0.5) is 0 Å². The summed E-state index contributed by atoms with van der Waals surface area (Å²) in [5, 5.41) is 20.3. The first-order valence-corrected chi connectivity index (χ1v) is 12.5. The van der Waals surface area contributed by atoms with Crippen LogP contribution in [0.5, 0.6) is 23.0 Å². The van der Waals surface area contributed by atoms with Crippen LogP contribution >= 0.6 is 0 Å². The van der Waals surface area contributed by atoms with E-state index in [4.69, 9.17) is 14.2 Å². The molecule has 0 aliphatic carbocycles. The van der Waals surface area contributed by atoms with Gasteiger partial charge in [0.1, 0.15) is 35.4 Å². The highest BCUT2D eigenvalue weighted by molar-refractivity contribution is 5.94. The zero-order valence-electron chi connectivity index (χ0n) is 21.0. The molecule has 3 unspecified atom stereocenters. The van der Waals surface area contributed by atoms with Crippen molar-refractivity contribution in [3.05, 3.63) is 83.4 Å². The predicted molar refractivity (Wildman–Crippen MR) is 140 cm³/mol. The van der Waals surface area contributed by atoms with Crippen molar-refractivity contribution in [1.29, 1.82) is 0 Å². The van der Waals surface area contributed by atoms with Crippen molar-refractivity contribution in [3.63, 3.8) is 0 Å². The van der Waals surface area contributed by atoms with Gasteiger partial charge in [-0.05, 0) is 79.4 Å². The first kappa shape index (κ1) is 24.1. The molecule has 3 atom stereocenters. The molecule has 3 aromatic rings. The normalized spacial score (nSPS) is 20.5. The van der Waals surface area contributed by atoms with Crippen molar-refractivity contribution in [3.8, 4) is 23.0 Å². The number of methoxy groups -OCH3 is 1. The quantitative estimate of drug-likeness (QED) is 0.435. The van der Waals surface area contributed by atoms with Gasteiger partial charge >= 0.3 is 0 Å². The van der Waals surface area contributed by atoms with E-state index in [1.165, 1.54) is 6.42 Å². The molecule has 0 saturated carbocycles. The maximum atomic E-state index is 10.2. The molecule has 188 valence electrons. The summed E-state index contributed by atoms with van der Waals surface area (Å²) in [7, 11) is 1.60. The SMILES string of the molecule is COC1=C(c2cccc(O)c2)C(c2ccc(OCC(C)N3CCC(C)C3)cc2)Oc2ccc(O)cc21. The standard InChI is InChI=1S/C30H33NO5/c1-19-13-14-31(17-19)20(2)18-35-25-10-7-21(8-11-25)29-28(22-5-4-6-23(32)15-22)30(34-3)26-16-24(33)9-12-27(26)36-29/h4-12,15-16,19-20,29,32-33H,13-14,17-18H2,1-3H3. The second-order valence-electron chi connectivity index (χ2n) is 9.79. The van der Waals surface area contributed by atoms with E-state index in [9.17, 15) is 10.2 Å². The van der Waals surface area contributed by atoms with Crippen molar-refractivity contribution in [2.45, 2.75) is 32.4 Å². The Morgan fingerprint density at radius 1 is 1.03 bits per heavy atom. The van der Waals surface area contributed by atoms with Crippen molar-refractivity contribution in [1.82, 2.24) is 4.90 Å². The summed E-state index contributed by atoms with van der Waals surface area (Å²) in [6.07, 6.45) is 0.777. The highest BCUT2D eigenvalue weighted by Gasteiger charge is 2.32. The number of benzene rings is 3. The summed E-state index contributed by atoms with van der Waals surface area (Å²) in [5.41, 5.74) is 3.14. The molecule has 2 N–H and O–H groups in total. The molecule has 5 rings (SSSR count). The molecule has 1 saturated heterocycles. The number of rotatable bonds is 7. The van der Waals surface area contributed by atoms with Crippen LogP contribution in [0.15, 0.2) is 66.7 Å². The summed E-state index contributed by atoms with van der Waals surface area (Å²) in [4.78, 5) is 2.49. The van der Waals surface area contributed by atoms with E-state index in [0.29, 0.717) is 29.7 Å². The highest BCUT2D eigenvalue weighted by Crippen LogP contribution is 2.48. The van der Waals surface area contributed by atoms with Gasteiger partial charge in [0.05, 0.1) is 12.7 Å². The number of likely N-dealkylation sites (tertiary alicyclic amines) is 1. The fourth-order valence-electron chi connectivity index (χ4n) is 5.09. The Morgan fingerprint density at radius 2 is 1.81 bits per heavy atom. The number of phenolic OH excluding ortho intramolecular Hbond substituents is 2. The molecule has 6 nitrogen and oxygen atoms in total. The van der Waals surface area contributed by atoms with Gasteiger partial charge in [-0.3, -0.25) is 4.90 Å². The minimum Gasteiger partial charge on any atom is -0.508 e. The third kappa shape index (κ3) is 4.86. The van der Waals surface area contributed by atoms with Gasteiger partial charge in [-0.25, -0.2) is 0 Å². The Morgan fingerprint density at radius 3 is 2.50 bits per heavy atom. The Labute approximate surface area is 212 Å². The van der Waals surface area contributed by atoms with Crippen LogP contribution in [0, 0.1) is 5.92 Å². The topological polar surface area (TPSA) is 71.4 Å². The molecule has 1 fully saturated rings. The van der Waals surface area contributed by atoms with Crippen LogP contribution in [-0.4, -0.2) is 48.0 Å². The molecule has 3 aromatic carbocycles. The number of phenols is 2. The smallest absolute Gasteiger partial charge is 0.153 e. The Kier molecular flexibility index (Phi) is 6.79. The Bertz CT molecular complexity index is 1250. The van der Waals surface area contributed by atoms with Crippen LogP contribution in [0.3, 0.4) is 0 Å². The van der Waals surface area contributed by atoms with E-state index in [1.54, 1.807) is 43.5 Å². The second kappa shape index (κ2) is 10.2. The molecule has 2 heterocycles. The number of fused-ring (bicyclic) bond motifs is 1. The van der Waals surface area contributed by atoms with Crippen LogP contribution < -0.4 is 9.47 Å². The fraction of sp³-hybridized carbons (Fsp3) is 0.333. The fourth-order valence-corrected chi connectivity index (χ4v) is 5.09. The molecule has 0 amide bonds. The maximum absolute atomic E-state index is 10.2. The third-order valence-electron chi connectivity index (χ3n) is 7.07. The molecule has 0 bridgehead atoms. The molecule has 2 aliphatic rings. The monoisotopic (exact) mass is 487 g/mol. The summed E-state index contributed by atoms with van der Waals surface area (Å²) in [6.45, 7) is 7.43. The Hall–Kier alpha value is -3.64. The van der Waals surface area contributed by atoms with E-state index < -0.39 is 6.10 Å². The minimum absolute atomic E-state index is 0.125. The van der Waals surface area contributed by atoms with E-state index in [2.05, 4.69) is 18.7 Å². The number of nitrogens with zero attached hydrogens (tertiary/aromatic N) is 1. The van der Waals surface area contributed by atoms with Gasteiger partial charge in [-0.2, -0.15) is 0 Å². The largest absolute Gasteiger partial charge is 0.508 e. The molecule has 36 heavy (non-hydrogen) atoms. The number of hydrogen-bond acceptors (Lipinski definition) is 6. The summed E-state index contributed by atoms with van der Waals surface area (Å²) in [5.74, 6) is 3.06. The van der Waals surface area contributed by atoms with Gasteiger partial charge in [0.2, 0.25) is 0 Å². The lowest BCUT2D eigenvalue weighted by atomic mass is 9.89. The highest BCUT2D eigenvalue weighted by atomic mass is 16.5. The van der Waals surface area contributed by atoms with Gasteiger partial charge < -0.3 is 24.4 Å². The van der Waals surface area contributed by atoms with Gasteiger partial charge in [0, 0.05) is 18.2 Å². The molecule has 0 aromatic heterocycles. The molecule has 2 aliphatic heterocycles. The van der Waals surface area contributed by atoms with E-state index in [1.807, 2.05) is 30.3 Å². The zero-order valence-corrected chi connectivity index (χ0v) is 21.0. The van der Waals surface area contributed by atoms with Gasteiger partial charge in [0.25, 0.3) is 0 Å². The van der Waals surface area contributed by atoms with Crippen LogP contribution in [0.2, 0.25) is 0 Å². The average molecular weight is 488 g/mol. The third-order valence-corrected chi connectivity index (χ3v) is 7.07. The van der Waals surface area contributed by atoms with Crippen molar-refractivity contribution in [2.75, 3.05) is 26.8 Å². The Balaban J connectivity index is 1.43. The molecule has 6 heteroatoms. The lowest BCUT2D eigenvalue weighted by Gasteiger charge is -2.31. The van der Waals surface area contributed by atoms with Crippen molar-refractivity contribution < 1.29 is 24.4 Å². The average Bonchev–Trinajstić information content (AvgIpc) is 3.33. The number of aromatic hydroxyl groups is 2. The van der Waals surface area contributed by atoms with Crippen LogP contribution in [-0.2, 0) is 4.74 Å². The van der Waals surface area contributed by atoms with E-state index in [-0.39, 0.29) is 11.5 Å². The van der Waals surface area contributed by atoms with Gasteiger partial charge in [-0.1, -0.05) is 31.2 Å². The van der Waals surface area contributed by atoms with Gasteiger partial charge in [-0.15, -0.1) is 0 Å². The van der Waals surface area contributed by atoms with Crippen molar-refractivity contribution in [2.24, 2.45) is 5.92 Å². The maximum Gasteiger partial charge on any atom is 0.153 e. The second-order valence-corrected chi connectivity index (χ2v) is 9.79. The van der Waals surface area contributed by atoms with E-state index in [0.717, 1.165) is 41.5 Å². The first-order valence-electron chi connectivity index (χ1n) is 12.5. The molecular formula is C30H33NO5. The molecule has 0 radical (unpaired) electrons. The lowest BCUT2D eigenvalue weighted by molar-refractivity contribution is 0.169. The summed E-state index contributed by atoms with van der Waals surface area (Å²) >= 11 is 0. The predicted octanol–water partition coefficient (Wildman–Crippen LogP) is 5.86. The summed E-state index contributed by atoms with van der Waals surface area (Å²) < 4.78 is 18.4. The van der Waals surface area contributed by atoms with E-state index >= 15 is 0 Å². The zero-order chi connectivity index (χ0) is 25.2. The molecular weight excluding hydrogens is 454 g/mol. The molecule has 0 spiro atoms. The number of ether oxygens (including phenoxy) is 3. The summed E-state index contributed by atoms with van der Waals surface area (Å²) in [6, 6.07) is 20.3. The van der Waals surface area contributed by atoms with Gasteiger partial charge in [0.15, 0.2) is 6.10 Å².